The van der Waals surface area contributed by atoms with Crippen LogP contribution in [0.2, 0.25) is 0 Å². The van der Waals surface area contributed by atoms with Gasteiger partial charge in [0.15, 0.2) is 5.82 Å². The number of rotatable bonds is 3. The van der Waals surface area contributed by atoms with E-state index in [1.165, 1.54) is 11.5 Å². The van der Waals surface area contributed by atoms with Gasteiger partial charge in [0.1, 0.15) is 10.6 Å². The van der Waals surface area contributed by atoms with E-state index in [9.17, 15) is 9.90 Å². The molecule has 6 nitrogen and oxygen atoms in total. The Balaban J connectivity index is 1.82. The summed E-state index contributed by atoms with van der Waals surface area (Å²) < 4.78 is 4.16. The molecule has 0 radical (unpaired) electrons. The highest BCUT2D eigenvalue weighted by Crippen LogP contribution is 2.42. The van der Waals surface area contributed by atoms with Crippen molar-refractivity contribution >= 4 is 28.3 Å². The summed E-state index contributed by atoms with van der Waals surface area (Å²) in [5, 5.41) is 13.7. The van der Waals surface area contributed by atoms with Crippen molar-refractivity contribution in [3.05, 3.63) is 5.56 Å². The van der Waals surface area contributed by atoms with Crippen molar-refractivity contribution in [3.63, 3.8) is 0 Å². The van der Waals surface area contributed by atoms with E-state index in [2.05, 4.69) is 14.6 Å². The van der Waals surface area contributed by atoms with E-state index in [1.807, 2.05) is 13.8 Å². The molecule has 1 aliphatic heterocycles. The number of anilines is 2. The highest BCUT2D eigenvalue weighted by Gasteiger charge is 2.43. The van der Waals surface area contributed by atoms with Crippen molar-refractivity contribution in [2.45, 2.75) is 38.8 Å². The smallest absolute Gasteiger partial charge is 0.258 e. The summed E-state index contributed by atoms with van der Waals surface area (Å²) >= 11 is 1.28. The standard InChI is InChI=1S/C14H22N4O2S/c1-7(2)16-13(20)11-12(15)17-21-14(11)18-5-8-3-4-10(19)9(8)6-18/h7-10,19H,3-6H2,1-2H3,(H2,15,17)(H,16,20). The van der Waals surface area contributed by atoms with Crippen LogP contribution in [0.25, 0.3) is 0 Å². The SMILES string of the molecule is CC(C)NC(=O)c1c(N)nsc1N1CC2CCC(O)C2C1. The summed E-state index contributed by atoms with van der Waals surface area (Å²) in [6, 6.07) is 0.0597. The van der Waals surface area contributed by atoms with Crippen molar-refractivity contribution in [2.75, 3.05) is 23.7 Å². The first-order chi connectivity index (χ1) is 9.97. The molecule has 0 spiro atoms. The molecule has 1 saturated carbocycles. The number of carbonyl (C=O) groups is 1. The Hall–Kier alpha value is -1.34. The zero-order valence-electron chi connectivity index (χ0n) is 12.4. The number of aliphatic hydroxyl groups excluding tert-OH is 1. The molecule has 1 amide bonds. The second-order valence-corrected chi connectivity index (χ2v) is 7.10. The van der Waals surface area contributed by atoms with E-state index >= 15 is 0 Å². The molecule has 3 atom stereocenters. The van der Waals surface area contributed by atoms with Gasteiger partial charge in [-0.1, -0.05) is 0 Å². The van der Waals surface area contributed by atoms with Crippen LogP contribution >= 0.6 is 11.5 Å². The number of aromatic nitrogens is 1. The maximum absolute atomic E-state index is 12.3. The summed E-state index contributed by atoms with van der Waals surface area (Å²) in [7, 11) is 0. The van der Waals surface area contributed by atoms with E-state index in [0.29, 0.717) is 23.2 Å². The van der Waals surface area contributed by atoms with Crippen molar-refractivity contribution < 1.29 is 9.90 Å². The molecule has 0 aromatic carbocycles. The molecule has 21 heavy (non-hydrogen) atoms. The van der Waals surface area contributed by atoms with Crippen molar-refractivity contribution in [1.82, 2.24) is 9.69 Å². The minimum absolute atomic E-state index is 0.0597. The highest BCUT2D eigenvalue weighted by molar-refractivity contribution is 7.11. The first kappa shape index (κ1) is 14.6. The Morgan fingerprint density at radius 1 is 1.48 bits per heavy atom. The fourth-order valence-corrected chi connectivity index (χ4v) is 4.29. The Bertz CT molecular complexity index is 545. The van der Waals surface area contributed by atoms with Crippen molar-refractivity contribution in [3.8, 4) is 0 Å². The Labute approximate surface area is 128 Å². The molecule has 116 valence electrons. The van der Waals surface area contributed by atoms with Crippen LogP contribution in [-0.4, -0.2) is 40.6 Å². The quantitative estimate of drug-likeness (QED) is 0.777. The maximum atomic E-state index is 12.3. The van der Waals surface area contributed by atoms with Crippen LogP contribution in [0.4, 0.5) is 10.8 Å². The summed E-state index contributed by atoms with van der Waals surface area (Å²) in [5.41, 5.74) is 6.38. The fraction of sp³-hybridized carbons (Fsp3) is 0.714. The molecule has 1 saturated heterocycles. The Morgan fingerprint density at radius 2 is 2.24 bits per heavy atom. The van der Waals surface area contributed by atoms with Crippen LogP contribution in [0.3, 0.4) is 0 Å². The average molecular weight is 310 g/mol. The van der Waals surface area contributed by atoms with Gasteiger partial charge in [0.05, 0.1) is 6.10 Å². The van der Waals surface area contributed by atoms with Gasteiger partial charge in [0, 0.05) is 25.0 Å². The summed E-state index contributed by atoms with van der Waals surface area (Å²) in [6.07, 6.45) is 1.75. The molecular weight excluding hydrogens is 288 g/mol. The van der Waals surface area contributed by atoms with Gasteiger partial charge in [-0.05, 0) is 44.1 Å². The number of hydrogen-bond donors (Lipinski definition) is 3. The van der Waals surface area contributed by atoms with E-state index in [-0.39, 0.29) is 18.1 Å². The van der Waals surface area contributed by atoms with Crippen LogP contribution in [0.15, 0.2) is 0 Å². The molecule has 1 aliphatic carbocycles. The van der Waals surface area contributed by atoms with Crippen molar-refractivity contribution in [1.29, 1.82) is 0 Å². The Kier molecular flexibility index (Phi) is 3.79. The topological polar surface area (TPSA) is 91.5 Å². The van der Waals surface area contributed by atoms with Gasteiger partial charge in [0.25, 0.3) is 5.91 Å². The third kappa shape index (κ3) is 2.60. The largest absolute Gasteiger partial charge is 0.393 e. The van der Waals surface area contributed by atoms with Gasteiger partial charge >= 0.3 is 0 Å². The van der Waals surface area contributed by atoms with Crippen LogP contribution in [0.1, 0.15) is 37.0 Å². The van der Waals surface area contributed by atoms with Crippen molar-refractivity contribution in [2.24, 2.45) is 11.8 Å². The molecular formula is C14H22N4O2S. The van der Waals surface area contributed by atoms with E-state index in [1.54, 1.807) is 0 Å². The third-order valence-electron chi connectivity index (χ3n) is 4.45. The molecule has 3 rings (SSSR count). The lowest BCUT2D eigenvalue weighted by atomic mass is 10.00. The van der Waals surface area contributed by atoms with Crippen LogP contribution in [-0.2, 0) is 0 Å². The number of carbonyl (C=O) groups excluding carboxylic acids is 1. The van der Waals surface area contributed by atoms with E-state index < -0.39 is 0 Å². The second kappa shape index (κ2) is 5.46. The molecule has 2 aliphatic rings. The number of nitrogens with one attached hydrogen (secondary N) is 1. The lowest BCUT2D eigenvalue weighted by Crippen LogP contribution is -2.32. The number of aliphatic hydroxyl groups is 1. The first-order valence-corrected chi connectivity index (χ1v) is 8.23. The number of fused-ring (bicyclic) bond motifs is 1. The summed E-state index contributed by atoms with van der Waals surface area (Å²) in [4.78, 5) is 14.5. The fourth-order valence-electron chi connectivity index (χ4n) is 3.46. The van der Waals surface area contributed by atoms with Crippen LogP contribution in [0.5, 0.6) is 0 Å². The number of hydrogen-bond acceptors (Lipinski definition) is 6. The van der Waals surface area contributed by atoms with Gasteiger partial charge < -0.3 is 21.1 Å². The third-order valence-corrected chi connectivity index (χ3v) is 5.38. The zero-order chi connectivity index (χ0) is 15.1. The number of nitrogen functional groups attached to an aromatic ring is 1. The van der Waals surface area contributed by atoms with E-state index in [4.69, 9.17) is 5.73 Å². The van der Waals surface area contributed by atoms with Crippen LogP contribution in [0, 0.1) is 11.8 Å². The molecule has 0 bridgehead atoms. The van der Waals surface area contributed by atoms with Gasteiger partial charge in [0.2, 0.25) is 0 Å². The highest BCUT2D eigenvalue weighted by atomic mass is 32.1. The molecule has 2 fully saturated rings. The average Bonchev–Trinajstić information content (AvgIpc) is 3.05. The first-order valence-electron chi connectivity index (χ1n) is 7.46. The molecule has 3 unspecified atom stereocenters. The normalized spacial score (nSPS) is 28.2. The number of amides is 1. The zero-order valence-corrected chi connectivity index (χ0v) is 13.2. The number of nitrogens with zero attached hydrogens (tertiary/aromatic N) is 2. The van der Waals surface area contributed by atoms with Gasteiger partial charge in [-0.3, -0.25) is 4.79 Å². The molecule has 2 heterocycles. The van der Waals surface area contributed by atoms with Gasteiger partial charge in [-0.2, -0.15) is 4.37 Å². The molecule has 7 heteroatoms. The summed E-state index contributed by atoms with van der Waals surface area (Å²) in [6.45, 7) is 5.51. The number of nitrogens with two attached hydrogens (primary N) is 1. The summed E-state index contributed by atoms with van der Waals surface area (Å²) in [5.74, 6) is 0.966. The van der Waals surface area contributed by atoms with Crippen LogP contribution < -0.4 is 16.0 Å². The van der Waals surface area contributed by atoms with E-state index in [0.717, 1.165) is 30.9 Å². The maximum Gasteiger partial charge on any atom is 0.258 e. The second-order valence-electron chi connectivity index (χ2n) is 6.35. The van der Waals surface area contributed by atoms with Gasteiger partial charge in [-0.15, -0.1) is 0 Å². The molecule has 4 N–H and O–H groups in total. The predicted octanol–water partition coefficient (Wildman–Crippen LogP) is 1.07. The lowest BCUT2D eigenvalue weighted by molar-refractivity contribution is 0.0945. The predicted molar refractivity (Wildman–Crippen MR) is 83.6 cm³/mol. The Morgan fingerprint density at radius 3 is 2.90 bits per heavy atom. The monoisotopic (exact) mass is 310 g/mol. The van der Waals surface area contributed by atoms with Gasteiger partial charge in [-0.25, -0.2) is 0 Å². The minimum Gasteiger partial charge on any atom is -0.393 e. The lowest BCUT2D eigenvalue weighted by Gasteiger charge is -2.20. The molecule has 1 aromatic rings. The minimum atomic E-state index is -0.210. The molecule has 1 aromatic heterocycles.